The summed E-state index contributed by atoms with van der Waals surface area (Å²) in [6.07, 6.45) is -18.0. The number of hydrogen-bond acceptors (Lipinski definition) is 5. The number of nitrogens with zero attached hydrogens (tertiary/aromatic N) is 1. The summed E-state index contributed by atoms with van der Waals surface area (Å²) in [5.74, 6) is -0.885. The topological polar surface area (TPSA) is 65.1 Å². The summed E-state index contributed by atoms with van der Waals surface area (Å²) in [6, 6.07) is 4.50. The Morgan fingerprint density at radius 2 is 1.42 bits per heavy atom. The number of methoxy groups -OCH3 is 1. The molecular formula is C29H21ClF9NO5. The van der Waals surface area contributed by atoms with Crippen LogP contribution >= 0.6 is 11.6 Å². The SMILES string of the molecule is COc1cc(Cl)c(OC(C)=O)cc1-c1ccc(C(F)(F)F)cc1CN1C(=O)O[C@H](c2cc(C(F)(F)F)cc(C(F)(F)F)c2)[C@@H]1C. The second kappa shape index (κ2) is 12.0. The van der Waals surface area contributed by atoms with Crippen LogP contribution in [-0.4, -0.2) is 30.1 Å². The highest BCUT2D eigenvalue weighted by Gasteiger charge is 2.44. The number of benzene rings is 3. The Bertz CT molecular complexity index is 1600. The van der Waals surface area contributed by atoms with E-state index in [0.717, 1.165) is 24.0 Å². The van der Waals surface area contributed by atoms with E-state index in [1.54, 1.807) is 0 Å². The molecule has 0 radical (unpaired) electrons. The second-order valence-corrected chi connectivity index (χ2v) is 10.4. The van der Waals surface area contributed by atoms with Gasteiger partial charge in [0, 0.05) is 18.6 Å². The van der Waals surface area contributed by atoms with Crippen LogP contribution in [0.15, 0.2) is 48.5 Å². The number of cyclic esters (lactones) is 1. The van der Waals surface area contributed by atoms with Crippen molar-refractivity contribution in [3.8, 4) is 22.6 Å². The third-order valence-corrected chi connectivity index (χ3v) is 7.20. The van der Waals surface area contributed by atoms with Gasteiger partial charge >= 0.3 is 30.6 Å². The maximum Gasteiger partial charge on any atom is 0.416 e. The number of rotatable bonds is 6. The van der Waals surface area contributed by atoms with Crippen LogP contribution in [0, 0.1) is 0 Å². The lowest BCUT2D eigenvalue weighted by Gasteiger charge is -2.24. The van der Waals surface area contributed by atoms with Crippen LogP contribution in [0.2, 0.25) is 5.02 Å². The molecule has 16 heteroatoms. The molecule has 0 aliphatic carbocycles. The molecule has 1 aliphatic rings. The zero-order valence-corrected chi connectivity index (χ0v) is 24.0. The van der Waals surface area contributed by atoms with Crippen molar-refractivity contribution in [2.75, 3.05) is 7.11 Å². The Balaban J connectivity index is 1.81. The summed E-state index contributed by atoms with van der Waals surface area (Å²) < 4.78 is 138. The molecule has 0 spiro atoms. The first-order valence-corrected chi connectivity index (χ1v) is 13.1. The van der Waals surface area contributed by atoms with Crippen molar-refractivity contribution in [1.29, 1.82) is 0 Å². The van der Waals surface area contributed by atoms with Gasteiger partial charge in [0.2, 0.25) is 0 Å². The number of alkyl halides is 9. The van der Waals surface area contributed by atoms with Gasteiger partial charge in [0.25, 0.3) is 0 Å². The van der Waals surface area contributed by atoms with Crippen molar-refractivity contribution in [1.82, 2.24) is 4.90 Å². The minimum absolute atomic E-state index is 0.0375. The summed E-state index contributed by atoms with van der Waals surface area (Å²) in [5.41, 5.74) is -5.03. The van der Waals surface area contributed by atoms with E-state index in [-0.39, 0.29) is 39.3 Å². The van der Waals surface area contributed by atoms with Gasteiger partial charge in [-0.25, -0.2) is 4.79 Å². The van der Waals surface area contributed by atoms with Gasteiger partial charge in [-0.15, -0.1) is 0 Å². The van der Waals surface area contributed by atoms with Gasteiger partial charge in [0.05, 0.1) is 41.4 Å². The maximum atomic E-state index is 13.7. The van der Waals surface area contributed by atoms with Crippen LogP contribution in [-0.2, 0) is 34.6 Å². The predicted molar refractivity (Wildman–Crippen MR) is 140 cm³/mol. The van der Waals surface area contributed by atoms with Crippen molar-refractivity contribution in [2.45, 2.75) is 51.1 Å². The van der Waals surface area contributed by atoms with E-state index in [1.807, 2.05) is 0 Å². The summed E-state index contributed by atoms with van der Waals surface area (Å²) in [7, 11) is 1.24. The molecule has 0 N–H and O–H groups in total. The Kier molecular flexibility index (Phi) is 8.99. The molecule has 1 fully saturated rings. The van der Waals surface area contributed by atoms with Gasteiger partial charge in [0.15, 0.2) is 0 Å². The van der Waals surface area contributed by atoms with Crippen molar-refractivity contribution in [3.05, 3.63) is 81.4 Å². The number of halogens is 10. The lowest BCUT2D eigenvalue weighted by Crippen LogP contribution is -2.32. The normalized spacial score (nSPS) is 17.4. The van der Waals surface area contributed by atoms with Gasteiger partial charge in [-0.2, -0.15) is 39.5 Å². The molecule has 4 rings (SSSR count). The monoisotopic (exact) mass is 669 g/mol. The average Bonchev–Trinajstić information content (AvgIpc) is 3.20. The second-order valence-electron chi connectivity index (χ2n) is 9.96. The maximum absolute atomic E-state index is 13.7. The Hall–Kier alpha value is -4.14. The van der Waals surface area contributed by atoms with Crippen LogP contribution in [0.25, 0.3) is 11.1 Å². The highest BCUT2D eigenvalue weighted by Crippen LogP contribution is 2.44. The zero-order chi connectivity index (χ0) is 33.6. The molecule has 242 valence electrons. The lowest BCUT2D eigenvalue weighted by atomic mass is 9.94. The van der Waals surface area contributed by atoms with Crippen molar-refractivity contribution in [2.24, 2.45) is 0 Å². The fourth-order valence-corrected chi connectivity index (χ4v) is 4.99. The van der Waals surface area contributed by atoms with E-state index < -0.39 is 71.5 Å². The van der Waals surface area contributed by atoms with Gasteiger partial charge in [0.1, 0.15) is 17.6 Å². The molecule has 0 aromatic heterocycles. The van der Waals surface area contributed by atoms with Gasteiger partial charge in [-0.05, 0) is 60.0 Å². The van der Waals surface area contributed by atoms with Crippen LogP contribution in [0.1, 0.15) is 47.8 Å². The Morgan fingerprint density at radius 1 is 0.844 bits per heavy atom. The first kappa shape index (κ1) is 33.7. The van der Waals surface area contributed by atoms with E-state index in [9.17, 15) is 49.1 Å². The number of hydrogen-bond donors (Lipinski definition) is 0. The van der Waals surface area contributed by atoms with Crippen LogP contribution < -0.4 is 9.47 Å². The molecule has 1 aliphatic heterocycles. The Morgan fingerprint density at radius 3 is 1.93 bits per heavy atom. The van der Waals surface area contributed by atoms with E-state index in [4.69, 9.17) is 25.8 Å². The molecule has 0 saturated carbocycles. The molecular weight excluding hydrogens is 649 g/mol. The first-order valence-electron chi connectivity index (χ1n) is 12.7. The Labute approximate surface area is 254 Å². The highest BCUT2D eigenvalue weighted by molar-refractivity contribution is 6.32. The molecule has 6 nitrogen and oxygen atoms in total. The summed E-state index contributed by atoms with van der Waals surface area (Å²) in [4.78, 5) is 25.4. The molecule has 1 amide bonds. The summed E-state index contributed by atoms with van der Waals surface area (Å²) >= 11 is 6.15. The van der Waals surface area contributed by atoms with Crippen molar-refractivity contribution < 1.29 is 63.3 Å². The predicted octanol–water partition coefficient (Wildman–Crippen LogP) is 9.08. The number of carbonyl (C=O) groups excluding carboxylic acids is 2. The minimum Gasteiger partial charge on any atom is -0.496 e. The fraction of sp³-hybridized carbons (Fsp3) is 0.310. The third-order valence-electron chi connectivity index (χ3n) is 6.90. The van der Waals surface area contributed by atoms with Crippen molar-refractivity contribution >= 4 is 23.7 Å². The molecule has 45 heavy (non-hydrogen) atoms. The van der Waals surface area contributed by atoms with Crippen LogP contribution in [0.4, 0.5) is 44.3 Å². The fourth-order valence-electron chi connectivity index (χ4n) is 4.80. The van der Waals surface area contributed by atoms with E-state index in [1.165, 1.54) is 26.2 Å². The average molecular weight is 670 g/mol. The van der Waals surface area contributed by atoms with Crippen LogP contribution in [0.5, 0.6) is 11.5 Å². The van der Waals surface area contributed by atoms with E-state index in [0.29, 0.717) is 18.2 Å². The first-order chi connectivity index (χ1) is 20.7. The standard InChI is InChI=1S/C29H21ClF9NO5/c1-13-25(15-6-18(28(34,35)36)9-19(7-15)29(37,38)39)45-26(42)40(13)12-16-8-17(27(31,32)33)4-5-20(16)21-10-24(44-14(2)41)22(30)11-23(21)43-3/h4-11,13,25H,12H2,1-3H3/t13-,25-/m0/s1. The van der Waals surface area contributed by atoms with Gasteiger partial charge in [-0.1, -0.05) is 17.7 Å². The smallest absolute Gasteiger partial charge is 0.416 e. The third kappa shape index (κ3) is 7.24. The van der Waals surface area contributed by atoms with E-state index in [2.05, 4.69) is 0 Å². The van der Waals surface area contributed by atoms with Gasteiger partial charge < -0.3 is 14.2 Å². The lowest BCUT2D eigenvalue weighted by molar-refractivity contribution is -0.143. The number of ether oxygens (including phenoxy) is 3. The van der Waals surface area contributed by atoms with Gasteiger partial charge in [-0.3, -0.25) is 9.69 Å². The quantitative estimate of drug-likeness (QED) is 0.149. The van der Waals surface area contributed by atoms with Crippen molar-refractivity contribution in [3.63, 3.8) is 0 Å². The minimum atomic E-state index is -5.17. The zero-order valence-electron chi connectivity index (χ0n) is 23.2. The molecule has 2 atom stereocenters. The number of amides is 1. The largest absolute Gasteiger partial charge is 0.496 e. The molecule has 0 bridgehead atoms. The molecule has 0 unspecified atom stereocenters. The molecule has 3 aromatic rings. The summed E-state index contributed by atoms with van der Waals surface area (Å²) in [5, 5.41) is -0.0711. The van der Waals surface area contributed by atoms with Crippen LogP contribution in [0.3, 0.4) is 0 Å². The molecule has 1 heterocycles. The molecule has 1 saturated heterocycles. The molecule has 3 aromatic carbocycles. The summed E-state index contributed by atoms with van der Waals surface area (Å²) in [6.45, 7) is 1.72. The number of carbonyl (C=O) groups is 2. The highest BCUT2D eigenvalue weighted by atomic mass is 35.5. The number of esters is 1. The van der Waals surface area contributed by atoms with E-state index >= 15 is 0 Å².